The zero-order valence-electron chi connectivity index (χ0n) is 19.0. The van der Waals surface area contributed by atoms with Crippen LogP contribution in [-0.2, 0) is 0 Å². The predicted octanol–water partition coefficient (Wildman–Crippen LogP) is 5.92. The lowest BCUT2D eigenvalue weighted by Gasteiger charge is -2.03. The summed E-state index contributed by atoms with van der Waals surface area (Å²) in [6, 6.07) is 22.1. The van der Waals surface area contributed by atoms with Crippen molar-refractivity contribution in [3.63, 3.8) is 0 Å². The highest BCUT2D eigenvalue weighted by atomic mass is 16.3. The summed E-state index contributed by atoms with van der Waals surface area (Å²) in [6.45, 7) is 0. The van der Waals surface area contributed by atoms with Gasteiger partial charge in [-0.2, -0.15) is 0 Å². The Labute approximate surface area is 207 Å². The van der Waals surface area contributed by atoms with Gasteiger partial charge in [-0.25, -0.2) is 0 Å². The fourth-order valence-corrected chi connectivity index (χ4v) is 3.43. The maximum Gasteiger partial charge on any atom is 0.233 e. The number of rotatable bonds is 7. The number of Topliss-reactive ketones (excluding diaryl/α,β-unsaturated/α-hetero) is 2. The van der Waals surface area contributed by atoms with Gasteiger partial charge in [0.2, 0.25) is 11.6 Å². The minimum Gasteiger partial charge on any atom is -0.504 e. The molecule has 0 atom stereocenters. The van der Waals surface area contributed by atoms with Crippen LogP contribution in [-0.4, -0.2) is 32.0 Å². The van der Waals surface area contributed by atoms with E-state index < -0.39 is 11.6 Å². The van der Waals surface area contributed by atoms with Crippen LogP contribution < -0.4 is 0 Å². The Balaban J connectivity index is 1.40. The third-order valence-electron chi connectivity index (χ3n) is 5.49. The molecule has 0 saturated carbocycles. The molecule has 0 aliphatic rings. The van der Waals surface area contributed by atoms with Gasteiger partial charge in [-0.1, -0.05) is 85.0 Å². The quantitative estimate of drug-likeness (QED) is 0.114. The summed E-state index contributed by atoms with van der Waals surface area (Å²) in [5, 5.41) is 37.9. The Kier molecular flexibility index (Phi) is 6.97. The highest BCUT2D eigenvalue weighted by Gasteiger charge is 2.18. The van der Waals surface area contributed by atoms with E-state index >= 15 is 0 Å². The van der Waals surface area contributed by atoms with Crippen LogP contribution in [0.5, 0.6) is 23.0 Å². The molecule has 4 aromatic carbocycles. The van der Waals surface area contributed by atoms with Crippen LogP contribution in [0.4, 0.5) is 0 Å². The molecule has 4 N–H and O–H groups in total. The molecule has 0 saturated heterocycles. The maximum atomic E-state index is 12.7. The summed E-state index contributed by atoms with van der Waals surface area (Å²) in [7, 11) is 0. The lowest BCUT2D eigenvalue weighted by molar-refractivity contribution is 0.0817. The lowest BCUT2D eigenvalue weighted by Crippen LogP contribution is -2.14. The van der Waals surface area contributed by atoms with E-state index in [0.717, 1.165) is 11.1 Å². The van der Waals surface area contributed by atoms with E-state index in [2.05, 4.69) is 0 Å². The molecule has 4 aromatic rings. The molecule has 6 heteroatoms. The molecule has 0 bridgehead atoms. The average Bonchev–Trinajstić information content (AvgIpc) is 2.90. The van der Waals surface area contributed by atoms with Gasteiger partial charge in [0.1, 0.15) is 0 Å². The number of phenolic OH excluding ortho intramolecular Hbond substituents is 4. The first-order chi connectivity index (χ1) is 17.3. The van der Waals surface area contributed by atoms with Crippen LogP contribution in [0.2, 0.25) is 0 Å². The first kappa shape index (κ1) is 24.0. The van der Waals surface area contributed by atoms with Crippen molar-refractivity contribution in [2.45, 2.75) is 0 Å². The van der Waals surface area contributed by atoms with Gasteiger partial charge in [0.15, 0.2) is 23.0 Å². The number of benzene rings is 4. The minimum atomic E-state index is -0.614. The molecule has 0 aromatic heterocycles. The van der Waals surface area contributed by atoms with Gasteiger partial charge in [0.05, 0.1) is 0 Å². The van der Waals surface area contributed by atoms with Gasteiger partial charge in [-0.3, -0.25) is 9.59 Å². The molecule has 0 unspecified atom stereocenters. The molecular weight excluding hydrogens is 456 g/mol. The smallest absolute Gasteiger partial charge is 0.233 e. The number of aromatic hydroxyl groups is 4. The minimum absolute atomic E-state index is 0.194. The van der Waals surface area contributed by atoms with Crippen molar-refractivity contribution < 1.29 is 30.0 Å². The normalized spacial score (nSPS) is 11.2. The Morgan fingerprint density at radius 1 is 0.417 bits per heavy atom. The van der Waals surface area contributed by atoms with Gasteiger partial charge >= 0.3 is 0 Å². The van der Waals surface area contributed by atoms with Crippen molar-refractivity contribution in [2.24, 2.45) is 0 Å². The monoisotopic (exact) mass is 478 g/mol. The molecule has 0 aliphatic carbocycles. The van der Waals surface area contributed by atoms with Crippen molar-refractivity contribution in [1.82, 2.24) is 0 Å². The van der Waals surface area contributed by atoms with Crippen LogP contribution >= 0.6 is 0 Å². The van der Waals surface area contributed by atoms with E-state index in [1.54, 1.807) is 85.0 Å². The second-order valence-corrected chi connectivity index (χ2v) is 8.07. The van der Waals surface area contributed by atoms with Gasteiger partial charge in [-0.15, -0.1) is 0 Å². The molecule has 0 aliphatic heterocycles. The zero-order chi connectivity index (χ0) is 25.7. The van der Waals surface area contributed by atoms with Crippen molar-refractivity contribution >= 4 is 35.9 Å². The van der Waals surface area contributed by atoms with E-state index in [9.17, 15) is 30.0 Å². The van der Waals surface area contributed by atoms with Crippen LogP contribution in [0.25, 0.3) is 24.3 Å². The lowest BCUT2D eigenvalue weighted by atomic mass is 9.99. The van der Waals surface area contributed by atoms with Crippen molar-refractivity contribution in [3.05, 3.63) is 118 Å². The van der Waals surface area contributed by atoms with E-state index in [1.807, 2.05) is 0 Å². The fraction of sp³-hybridized carbons (Fsp3) is 0. The van der Waals surface area contributed by atoms with Crippen LogP contribution in [0.15, 0.2) is 84.9 Å². The van der Waals surface area contributed by atoms with Crippen LogP contribution in [0.1, 0.15) is 43.0 Å². The van der Waals surface area contributed by atoms with Crippen molar-refractivity contribution in [1.29, 1.82) is 0 Å². The standard InChI is InChI=1S/C30H22O6/c31-25-15-9-21(17-27(25)33)3-1-19-5-11-23(12-6-19)29(35)30(36)24-13-7-20(8-14-24)2-4-22-10-16-26(32)28(34)18-22/h1-18,31-34H/b3-1+,4-2+. The number of phenols is 4. The zero-order valence-corrected chi connectivity index (χ0v) is 19.0. The fourth-order valence-electron chi connectivity index (χ4n) is 3.43. The Hall–Kier alpha value is -5.10. The van der Waals surface area contributed by atoms with E-state index in [1.165, 1.54) is 24.3 Å². The molecular formula is C30H22O6. The number of hydrogen-bond donors (Lipinski definition) is 4. The van der Waals surface area contributed by atoms with Crippen molar-refractivity contribution in [3.8, 4) is 23.0 Å². The van der Waals surface area contributed by atoms with Gasteiger partial charge in [0, 0.05) is 11.1 Å². The summed E-state index contributed by atoms with van der Waals surface area (Å²) in [5.74, 6) is -2.03. The topological polar surface area (TPSA) is 115 Å². The number of carbonyl (C=O) groups excluding carboxylic acids is 2. The second-order valence-electron chi connectivity index (χ2n) is 8.07. The molecule has 178 valence electrons. The van der Waals surface area contributed by atoms with Crippen molar-refractivity contribution in [2.75, 3.05) is 0 Å². The van der Waals surface area contributed by atoms with E-state index in [4.69, 9.17) is 0 Å². The summed E-state index contributed by atoms with van der Waals surface area (Å²) >= 11 is 0. The largest absolute Gasteiger partial charge is 0.504 e. The molecule has 4 rings (SSSR count). The number of carbonyl (C=O) groups is 2. The molecule has 0 fully saturated rings. The average molecular weight is 479 g/mol. The van der Waals surface area contributed by atoms with Gasteiger partial charge in [-0.05, 0) is 46.5 Å². The van der Waals surface area contributed by atoms with Gasteiger partial charge in [0.25, 0.3) is 0 Å². The summed E-state index contributed by atoms with van der Waals surface area (Å²) in [6.07, 6.45) is 7.07. The highest BCUT2D eigenvalue weighted by molar-refractivity contribution is 6.49. The third-order valence-corrected chi connectivity index (χ3v) is 5.49. The third kappa shape index (κ3) is 5.69. The molecule has 0 heterocycles. The summed E-state index contributed by atoms with van der Waals surface area (Å²) < 4.78 is 0. The molecule has 0 spiro atoms. The first-order valence-corrected chi connectivity index (χ1v) is 11.0. The molecule has 6 nitrogen and oxygen atoms in total. The van der Waals surface area contributed by atoms with E-state index in [-0.39, 0.29) is 34.1 Å². The predicted molar refractivity (Wildman–Crippen MR) is 139 cm³/mol. The molecule has 0 amide bonds. The Morgan fingerprint density at radius 2 is 0.722 bits per heavy atom. The summed E-state index contributed by atoms with van der Waals surface area (Å²) in [5.41, 5.74) is 3.53. The number of hydrogen-bond acceptors (Lipinski definition) is 6. The maximum absolute atomic E-state index is 12.7. The van der Waals surface area contributed by atoms with Gasteiger partial charge < -0.3 is 20.4 Å². The van der Waals surface area contributed by atoms with E-state index in [0.29, 0.717) is 11.1 Å². The Morgan fingerprint density at radius 3 is 1.06 bits per heavy atom. The molecule has 0 radical (unpaired) electrons. The summed E-state index contributed by atoms with van der Waals surface area (Å²) in [4.78, 5) is 25.4. The number of ketones is 2. The first-order valence-electron chi connectivity index (χ1n) is 11.0. The second kappa shape index (κ2) is 10.4. The highest BCUT2D eigenvalue weighted by Crippen LogP contribution is 2.27. The van der Waals surface area contributed by atoms with Crippen LogP contribution in [0.3, 0.4) is 0 Å². The Bertz CT molecular complexity index is 1360. The molecule has 36 heavy (non-hydrogen) atoms. The SMILES string of the molecule is O=C(C(=O)c1ccc(/C=C/c2ccc(O)c(O)c2)cc1)c1ccc(/C=C/c2ccc(O)c(O)c2)cc1. The van der Waals surface area contributed by atoms with Crippen LogP contribution in [0, 0.1) is 0 Å².